The Morgan fingerprint density at radius 3 is 2.41 bits per heavy atom. The number of para-hydroxylation sites is 1. The summed E-state index contributed by atoms with van der Waals surface area (Å²) in [6.07, 6.45) is -4.69. The molecule has 0 aliphatic carbocycles. The Kier molecular flexibility index (Phi) is 6.26. The number of sulfonamides is 1. The number of halogens is 3. The Morgan fingerprint density at radius 2 is 1.72 bits per heavy atom. The van der Waals surface area contributed by atoms with Crippen molar-refractivity contribution in [2.24, 2.45) is 0 Å². The van der Waals surface area contributed by atoms with Crippen molar-refractivity contribution in [3.63, 3.8) is 0 Å². The van der Waals surface area contributed by atoms with Crippen molar-refractivity contribution in [3.8, 4) is 0 Å². The second-order valence-corrected chi connectivity index (χ2v) is 8.96. The van der Waals surface area contributed by atoms with Crippen molar-refractivity contribution in [2.75, 3.05) is 25.5 Å². The summed E-state index contributed by atoms with van der Waals surface area (Å²) in [7, 11) is -2.93. The molecule has 0 fully saturated rings. The van der Waals surface area contributed by atoms with E-state index in [0.29, 0.717) is 9.87 Å². The minimum absolute atomic E-state index is 0.152. The van der Waals surface area contributed by atoms with Gasteiger partial charge < -0.3 is 10.2 Å². The number of anilines is 1. The number of hydrogen-bond donors (Lipinski definition) is 1. The van der Waals surface area contributed by atoms with Crippen LogP contribution in [0.3, 0.4) is 0 Å². The SMILES string of the molecule is CN(CC(=O)Nc1ccccc1C(F)(F)F)C(=O)CN1C(=O)c2ccccc2CS1(=O)=O. The van der Waals surface area contributed by atoms with Gasteiger partial charge in [0.05, 0.1) is 23.5 Å². The summed E-state index contributed by atoms with van der Waals surface area (Å²) >= 11 is 0. The first-order valence-corrected chi connectivity index (χ1v) is 10.8. The summed E-state index contributed by atoms with van der Waals surface area (Å²) in [5, 5.41) is 2.09. The van der Waals surface area contributed by atoms with Gasteiger partial charge in [0.25, 0.3) is 5.91 Å². The molecule has 1 aliphatic rings. The summed E-state index contributed by atoms with van der Waals surface area (Å²) in [6.45, 7) is -1.48. The number of fused-ring (bicyclic) bond motifs is 1. The van der Waals surface area contributed by atoms with E-state index in [1.807, 2.05) is 0 Å². The molecule has 1 heterocycles. The maximum atomic E-state index is 13.1. The number of rotatable bonds is 5. The minimum atomic E-state index is -4.69. The van der Waals surface area contributed by atoms with Crippen LogP contribution in [0.15, 0.2) is 48.5 Å². The van der Waals surface area contributed by atoms with Gasteiger partial charge in [-0.05, 0) is 23.8 Å². The molecule has 0 atom stereocenters. The lowest BCUT2D eigenvalue weighted by Gasteiger charge is -2.29. The largest absolute Gasteiger partial charge is 0.418 e. The Balaban J connectivity index is 1.68. The van der Waals surface area contributed by atoms with Crippen molar-refractivity contribution in [2.45, 2.75) is 11.9 Å². The number of amides is 3. The highest BCUT2D eigenvalue weighted by atomic mass is 32.2. The van der Waals surface area contributed by atoms with Gasteiger partial charge in [-0.25, -0.2) is 12.7 Å². The fourth-order valence-electron chi connectivity index (χ4n) is 3.14. The first-order valence-electron chi connectivity index (χ1n) is 9.23. The molecule has 3 rings (SSSR count). The minimum Gasteiger partial charge on any atom is -0.335 e. The van der Waals surface area contributed by atoms with E-state index in [1.54, 1.807) is 12.1 Å². The molecule has 0 saturated carbocycles. The molecule has 0 radical (unpaired) electrons. The lowest BCUT2D eigenvalue weighted by atomic mass is 10.1. The van der Waals surface area contributed by atoms with Gasteiger partial charge >= 0.3 is 6.18 Å². The van der Waals surface area contributed by atoms with Gasteiger partial charge in [0, 0.05) is 12.6 Å². The highest BCUT2D eigenvalue weighted by Crippen LogP contribution is 2.34. The molecule has 32 heavy (non-hydrogen) atoms. The number of carbonyl (C=O) groups excluding carboxylic acids is 3. The first kappa shape index (κ1) is 23.3. The maximum absolute atomic E-state index is 13.1. The fraction of sp³-hybridized carbons (Fsp3) is 0.250. The number of carbonyl (C=O) groups is 3. The zero-order valence-corrected chi connectivity index (χ0v) is 17.5. The van der Waals surface area contributed by atoms with Gasteiger partial charge in [-0.2, -0.15) is 13.2 Å². The summed E-state index contributed by atoms with van der Waals surface area (Å²) in [5.41, 5.74) is -1.06. The van der Waals surface area contributed by atoms with E-state index in [4.69, 9.17) is 0 Å². The third-order valence-electron chi connectivity index (χ3n) is 4.74. The van der Waals surface area contributed by atoms with Crippen LogP contribution in [0.1, 0.15) is 21.5 Å². The van der Waals surface area contributed by atoms with Crippen molar-refractivity contribution in [3.05, 3.63) is 65.2 Å². The molecule has 0 spiro atoms. The number of benzene rings is 2. The molecule has 1 N–H and O–H groups in total. The lowest BCUT2D eigenvalue weighted by Crippen LogP contribution is -2.48. The molecule has 1 aliphatic heterocycles. The second kappa shape index (κ2) is 8.61. The Labute approximate surface area is 181 Å². The highest BCUT2D eigenvalue weighted by molar-refractivity contribution is 7.89. The van der Waals surface area contributed by atoms with Gasteiger partial charge in [0.1, 0.15) is 6.54 Å². The molecular formula is C20H18F3N3O5S. The molecule has 170 valence electrons. The Hall–Kier alpha value is -3.41. The summed E-state index contributed by atoms with van der Waals surface area (Å²) in [6, 6.07) is 10.4. The van der Waals surface area contributed by atoms with Crippen LogP contribution in [-0.2, 0) is 31.5 Å². The van der Waals surface area contributed by atoms with E-state index in [2.05, 4.69) is 5.32 Å². The van der Waals surface area contributed by atoms with Crippen molar-refractivity contribution < 1.29 is 36.0 Å². The molecule has 0 unspecified atom stereocenters. The summed E-state index contributed by atoms with van der Waals surface area (Å²) in [4.78, 5) is 38.1. The summed E-state index contributed by atoms with van der Waals surface area (Å²) < 4.78 is 64.5. The molecule has 0 aromatic heterocycles. The molecule has 2 aromatic rings. The van der Waals surface area contributed by atoms with E-state index in [-0.39, 0.29) is 5.56 Å². The predicted octanol–water partition coefficient (Wildman–Crippen LogP) is 2.09. The lowest BCUT2D eigenvalue weighted by molar-refractivity contribution is -0.137. The molecule has 8 nitrogen and oxygen atoms in total. The Morgan fingerprint density at radius 1 is 1.09 bits per heavy atom. The quantitative estimate of drug-likeness (QED) is 0.722. The van der Waals surface area contributed by atoms with Gasteiger partial charge in [-0.1, -0.05) is 30.3 Å². The number of nitrogens with zero attached hydrogens (tertiary/aromatic N) is 2. The average Bonchev–Trinajstić information content (AvgIpc) is 2.70. The normalized spacial score (nSPS) is 15.1. The van der Waals surface area contributed by atoms with Gasteiger partial charge in [0.2, 0.25) is 21.8 Å². The molecule has 2 aromatic carbocycles. The van der Waals surface area contributed by atoms with E-state index in [1.165, 1.54) is 31.3 Å². The first-order chi connectivity index (χ1) is 14.9. The summed E-state index contributed by atoms with van der Waals surface area (Å²) in [5.74, 6) is -3.12. The highest BCUT2D eigenvalue weighted by Gasteiger charge is 2.37. The third-order valence-corrected chi connectivity index (χ3v) is 6.38. The van der Waals surface area contributed by atoms with E-state index < -0.39 is 64.0 Å². The van der Waals surface area contributed by atoms with Crippen molar-refractivity contribution in [1.29, 1.82) is 0 Å². The molecule has 0 saturated heterocycles. The van der Waals surface area contributed by atoms with Crippen LogP contribution in [0.25, 0.3) is 0 Å². The molecule has 12 heteroatoms. The zero-order chi connectivity index (χ0) is 23.7. The van der Waals surface area contributed by atoms with Gasteiger partial charge in [-0.3, -0.25) is 14.4 Å². The smallest absolute Gasteiger partial charge is 0.335 e. The van der Waals surface area contributed by atoms with Gasteiger partial charge in [-0.15, -0.1) is 0 Å². The predicted molar refractivity (Wildman–Crippen MR) is 108 cm³/mol. The van der Waals surface area contributed by atoms with Crippen LogP contribution in [0, 0.1) is 0 Å². The van der Waals surface area contributed by atoms with Crippen molar-refractivity contribution in [1.82, 2.24) is 9.21 Å². The topological polar surface area (TPSA) is 104 Å². The van der Waals surface area contributed by atoms with Crippen LogP contribution in [0.4, 0.5) is 18.9 Å². The molecule has 0 bridgehead atoms. The molecule has 3 amide bonds. The maximum Gasteiger partial charge on any atom is 0.418 e. The average molecular weight is 469 g/mol. The van der Waals surface area contributed by atoms with E-state index in [9.17, 15) is 36.0 Å². The number of likely N-dealkylation sites (N-methyl/N-ethyl adjacent to an activating group) is 1. The van der Waals surface area contributed by atoms with Crippen molar-refractivity contribution >= 4 is 33.4 Å². The number of nitrogens with one attached hydrogen (secondary N) is 1. The standard InChI is InChI=1S/C20H18F3N3O5S/c1-25(10-17(27)24-16-9-5-4-8-15(16)20(21,22)23)18(28)11-26-19(29)14-7-3-2-6-13(14)12-32(26,30)31/h2-9H,10-12H2,1H3,(H,24,27). The second-order valence-electron chi connectivity index (χ2n) is 7.07. The fourth-order valence-corrected chi connectivity index (χ4v) is 4.59. The van der Waals surface area contributed by atoms with E-state index in [0.717, 1.165) is 17.0 Å². The zero-order valence-electron chi connectivity index (χ0n) is 16.7. The van der Waals surface area contributed by atoms with Crippen LogP contribution in [0.2, 0.25) is 0 Å². The number of hydrogen-bond acceptors (Lipinski definition) is 5. The van der Waals surface area contributed by atoms with E-state index >= 15 is 0 Å². The van der Waals surface area contributed by atoms with Crippen LogP contribution in [-0.4, -0.2) is 55.5 Å². The molecular weight excluding hydrogens is 451 g/mol. The van der Waals surface area contributed by atoms with Crippen LogP contribution < -0.4 is 5.32 Å². The third kappa shape index (κ3) is 4.90. The monoisotopic (exact) mass is 469 g/mol. The Bertz CT molecular complexity index is 1180. The van der Waals surface area contributed by atoms with Crippen LogP contribution in [0.5, 0.6) is 0 Å². The van der Waals surface area contributed by atoms with Gasteiger partial charge in [0.15, 0.2) is 0 Å². The van der Waals surface area contributed by atoms with Crippen LogP contribution >= 0.6 is 0 Å². The number of alkyl halides is 3.